The van der Waals surface area contributed by atoms with Crippen molar-refractivity contribution in [2.45, 2.75) is 26.8 Å². The van der Waals surface area contributed by atoms with Gasteiger partial charge in [-0.3, -0.25) is 9.36 Å². The number of aromatic nitrogens is 1. The number of carbonyl (C=O) groups is 1. The van der Waals surface area contributed by atoms with E-state index in [4.69, 9.17) is 9.47 Å². The smallest absolute Gasteiger partial charge is 0.338 e. The number of thiazole rings is 1. The van der Waals surface area contributed by atoms with Crippen molar-refractivity contribution >= 4 is 23.4 Å². The van der Waals surface area contributed by atoms with Crippen LogP contribution in [-0.4, -0.2) is 24.3 Å². The third-order valence-corrected chi connectivity index (χ3v) is 6.31. The highest BCUT2D eigenvalue weighted by molar-refractivity contribution is 7.07. The second-order valence-electron chi connectivity index (χ2n) is 7.49. The highest BCUT2D eigenvalue weighted by Gasteiger charge is 2.33. The summed E-state index contributed by atoms with van der Waals surface area (Å²) in [6, 6.07) is 14.7. The lowest BCUT2D eigenvalue weighted by Gasteiger charge is -2.24. The van der Waals surface area contributed by atoms with E-state index in [-0.39, 0.29) is 12.2 Å². The minimum atomic E-state index is -0.628. The molecule has 32 heavy (non-hydrogen) atoms. The highest BCUT2D eigenvalue weighted by Crippen LogP contribution is 2.31. The summed E-state index contributed by atoms with van der Waals surface area (Å²) >= 11 is 1.32. The molecule has 3 aromatic rings. The topological polar surface area (TPSA) is 69.9 Å². The lowest BCUT2D eigenvalue weighted by atomic mass is 9.96. The van der Waals surface area contributed by atoms with E-state index < -0.39 is 12.0 Å². The van der Waals surface area contributed by atoms with Crippen molar-refractivity contribution in [1.82, 2.24) is 4.57 Å². The average Bonchev–Trinajstić information content (AvgIpc) is 3.09. The minimum Gasteiger partial charge on any atom is -0.497 e. The van der Waals surface area contributed by atoms with Crippen molar-refractivity contribution in [3.8, 4) is 5.75 Å². The normalized spacial score (nSPS) is 15.9. The van der Waals surface area contributed by atoms with Crippen LogP contribution in [0, 0.1) is 6.92 Å². The summed E-state index contributed by atoms with van der Waals surface area (Å²) in [6.45, 7) is 5.79. The van der Waals surface area contributed by atoms with E-state index in [2.05, 4.69) is 4.99 Å². The molecule has 1 aliphatic rings. The zero-order valence-corrected chi connectivity index (χ0v) is 19.2. The number of benzene rings is 2. The zero-order chi connectivity index (χ0) is 22.8. The predicted octanol–water partition coefficient (Wildman–Crippen LogP) is 3.12. The van der Waals surface area contributed by atoms with Crippen molar-refractivity contribution in [2.24, 2.45) is 4.99 Å². The maximum atomic E-state index is 13.5. The third-order valence-electron chi connectivity index (χ3n) is 5.32. The van der Waals surface area contributed by atoms with Crippen LogP contribution in [0.15, 0.2) is 69.6 Å². The Morgan fingerprint density at radius 1 is 1.12 bits per heavy atom. The molecule has 1 aromatic heterocycles. The summed E-state index contributed by atoms with van der Waals surface area (Å²) in [4.78, 5) is 31.5. The van der Waals surface area contributed by atoms with Crippen LogP contribution < -0.4 is 19.6 Å². The Hall–Kier alpha value is -3.45. The van der Waals surface area contributed by atoms with E-state index in [1.165, 1.54) is 11.3 Å². The standard InChI is InChI=1S/C25H24N2O4S/c1-5-31-24(29)21-16(3)26-25-27(22(21)18-10-12-19(30-4)13-11-18)23(28)20(32-25)14-17-8-6-15(2)7-9-17/h6-14,22H,5H2,1-4H3/t22-/m0/s1. The van der Waals surface area contributed by atoms with Crippen LogP contribution in [-0.2, 0) is 9.53 Å². The molecule has 4 rings (SSSR count). The van der Waals surface area contributed by atoms with Crippen LogP contribution in [0.1, 0.15) is 36.6 Å². The van der Waals surface area contributed by atoms with Crippen LogP contribution in [0.25, 0.3) is 6.08 Å². The van der Waals surface area contributed by atoms with Crippen LogP contribution in [0.4, 0.5) is 0 Å². The quantitative estimate of drug-likeness (QED) is 0.563. The zero-order valence-electron chi connectivity index (χ0n) is 18.4. The number of methoxy groups -OCH3 is 1. The first-order valence-electron chi connectivity index (χ1n) is 10.3. The van der Waals surface area contributed by atoms with Crippen molar-refractivity contribution < 1.29 is 14.3 Å². The summed E-state index contributed by atoms with van der Waals surface area (Å²) in [5, 5.41) is 0. The number of nitrogens with zero attached hydrogens (tertiary/aromatic N) is 2. The van der Waals surface area contributed by atoms with Crippen LogP contribution >= 0.6 is 11.3 Å². The summed E-state index contributed by atoms with van der Waals surface area (Å²) < 4.78 is 12.7. The van der Waals surface area contributed by atoms with Crippen molar-refractivity contribution in [2.75, 3.05) is 13.7 Å². The number of allylic oxidation sites excluding steroid dienone is 1. The number of carbonyl (C=O) groups excluding carboxylic acids is 1. The van der Waals surface area contributed by atoms with E-state index in [0.717, 1.165) is 16.7 Å². The Morgan fingerprint density at radius 2 is 1.81 bits per heavy atom. The molecule has 0 amide bonds. The van der Waals surface area contributed by atoms with E-state index >= 15 is 0 Å². The predicted molar refractivity (Wildman–Crippen MR) is 125 cm³/mol. The van der Waals surface area contributed by atoms with Gasteiger partial charge in [0.2, 0.25) is 0 Å². The molecule has 0 spiro atoms. The third kappa shape index (κ3) is 4.03. The fourth-order valence-electron chi connectivity index (χ4n) is 3.71. The van der Waals surface area contributed by atoms with Crippen molar-refractivity contribution in [3.63, 3.8) is 0 Å². The lowest BCUT2D eigenvalue weighted by molar-refractivity contribution is -0.139. The van der Waals surface area contributed by atoms with Gasteiger partial charge in [0.1, 0.15) is 5.75 Å². The molecule has 0 fully saturated rings. The van der Waals surface area contributed by atoms with Gasteiger partial charge in [0.05, 0.1) is 35.6 Å². The Balaban J connectivity index is 1.93. The van der Waals surface area contributed by atoms with Crippen LogP contribution in [0.2, 0.25) is 0 Å². The maximum absolute atomic E-state index is 13.5. The van der Waals surface area contributed by atoms with Gasteiger partial charge >= 0.3 is 5.97 Å². The van der Waals surface area contributed by atoms with Gasteiger partial charge in [0.15, 0.2) is 4.80 Å². The summed E-state index contributed by atoms with van der Waals surface area (Å²) in [6.07, 6.45) is 1.86. The van der Waals surface area contributed by atoms with Crippen LogP contribution in [0.3, 0.4) is 0 Å². The second-order valence-corrected chi connectivity index (χ2v) is 8.50. The Kier molecular flexibility index (Phi) is 6.10. The van der Waals surface area contributed by atoms with Gasteiger partial charge < -0.3 is 9.47 Å². The Labute approximate surface area is 189 Å². The van der Waals surface area contributed by atoms with E-state index in [9.17, 15) is 9.59 Å². The fourth-order valence-corrected chi connectivity index (χ4v) is 4.75. The summed E-state index contributed by atoms with van der Waals surface area (Å²) in [7, 11) is 1.59. The first-order chi connectivity index (χ1) is 15.4. The molecule has 1 aliphatic heterocycles. The summed E-state index contributed by atoms with van der Waals surface area (Å²) in [5.74, 6) is 0.223. The number of hydrogen-bond donors (Lipinski definition) is 0. The number of rotatable bonds is 5. The Morgan fingerprint density at radius 3 is 2.44 bits per heavy atom. The number of aryl methyl sites for hydroxylation is 1. The molecule has 2 heterocycles. The van der Waals surface area contributed by atoms with Gasteiger partial charge in [0, 0.05) is 0 Å². The van der Waals surface area contributed by atoms with E-state index in [1.807, 2.05) is 61.5 Å². The Bertz CT molecular complexity index is 1360. The summed E-state index contributed by atoms with van der Waals surface area (Å²) in [5.41, 5.74) is 3.59. The lowest BCUT2D eigenvalue weighted by Crippen LogP contribution is -2.39. The molecule has 0 bridgehead atoms. The molecule has 0 saturated heterocycles. The molecule has 0 radical (unpaired) electrons. The molecule has 0 N–H and O–H groups in total. The van der Waals surface area contributed by atoms with Gasteiger partial charge in [-0.2, -0.15) is 0 Å². The van der Waals surface area contributed by atoms with Gasteiger partial charge in [0.25, 0.3) is 5.56 Å². The second kappa shape index (κ2) is 8.96. The average molecular weight is 449 g/mol. The van der Waals surface area contributed by atoms with Gasteiger partial charge in [-0.05, 0) is 50.1 Å². The first-order valence-corrected chi connectivity index (χ1v) is 11.1. The van der Waals surface area contributed by atoms with Crippen LogP contribution in [0.5, 0.6) is 5.75 Å². The largest absolute Gasteiger partial charge is 0.497 e. The number of hydrogen-bond acceptors (Lipinski definition) is 6. The minimum absolute atomic E-state index is 0.190. The van der Waals surface area contributed by atoms with Gasteiger partial charge in [-0.1, -0.05) is 53.3 Å². The van der Waals surface area contributed by atoms with E-state index in [1.54, 1.807) is 25.5 Å². The number of ether oxygens (including phenoxy) is 2. The number of esters is 1. The highest BCUT2D eigenvalue weighted by atomic mass is 32.1. The first kappa shape index (κ1) is 21.8. The molecule has 7 heteroatoms. The molecular weight excluding hydrogens is 424 g/mol. The monoisotopic (exact) mass is 448 g/mol. The SMILES string of the molecule is CCOC(=O)C1=C(C)N=c2sc(=Cc3ccc(C)cc3)c(=O)n2[C@H]1c1ccc(OC)cc1. The molecule has 164 valence electrons. The molecule has 0 aliphatic carbocycles. The van der Waals surface area contributed by atoms with Gasteiger partial charge in [-0.25, -0.2) is 9.79 Å². The molecular formula is C25H24N2O4S. The van der Waals surface area contributed by atoms with E-state index in [0.29, 0.717) is 26.4 Å². The molecule has 1 atom stereocenters. The van der Waals surface area contributed by atoms with Crippen molar-refractivity contribution in [3.05, 3.63) is 96.2 Å². The molecule has 2 aromatic carbocycles. The molecule has 0 saturated carbocycles. The van der Waals surface area contributed by atoms with Gasteiger partial charge in [-0.15, -0.1) is 0 Å². The maximum Gasteiger partial charge on any atom is 0.338 e. The number of fused-ring (bicyclic) bond motifs is 1. The molecule has 0 unspecified atom stereocenters. The fraction of sp³-hybridized carbons (Fsp3) is 0.240. The van der Waals surface area contributed by atoms with Crippen molar-refractivity contribution in [1.29, 1.82) is 0 Å². The molecule has 6 nitrogen and oxygen atoms in total.